The second-order valence-electron chi connectivity index (χ2n) is 26.1. The van der Waals surface area contributed by atoms with Crippen LogP contribution in [-0.2, 0) is 13.6 Å². The Hall–Kier alpha value is -0.736. The molecule has 0 aromatic heterocycles. The monoisotopic (exact) mass is 1060 g/mol. The maximum absolute atomic E-state index is 13.7. The Balaban J connectivity index is 4.32. The molecule has 0 spiro atoms. The van der Waals surface area contributed by atoms with Crippen molar-refractivity contribution in [3.05, 3.63) is 24.3 Å². The Bertz CT molecular complexity index is 1250. The number of aliphatic hydroxyl groups is 1. The summed E-state index contributed by atoms with van der Waals surface area (Å²) in [4.78, 5) is 13.7. The van der Waals surface area contributed by atoms with Gasteiger partial charge in [-0.1, -0.05) is 297 Å². The molecule has 73 heavy (non-hydrogen) atoms. The average Bonchev–Trinajstić information content (AvgIpc) is 3.33. The van der Waals surface area contributed by atoms with Crippen molar-refractivity contribution in [1.82, 2.24) is 5.32 Å². The third-order valence-electron chi connectivity index (χ3n) is 16.9. The van der Waals surface area contributed by atoms with E-state index in [2.05, 4.69) is 104 Å². The van der Waals surface area contributed by atoms with Crippen LogP contribution >= 0.6 is 0 Å². The number of hydrogen-bond donors (Lipinski definition) is 2. The lowest BCUT2D eigenvalue weighted by Crippen LogP contribution is -2.54. The Kier molecular flexibility index (Phi) is 47.9. The molecule has 0 heterocycles. The molecule has 0 unspecified atom stereocenters. The lowest BCUT2D eigenvalue weighted by molar-refractivity contribution is -0.122. The van der Waals surface area contributed by atoms with Gasteiger partial charge in [-0.3, -0.25) is 4.79 Å². The lowest BCUT2D eigenvalue weighted by atomic mass is 10.0. The highest BCUT2D eigenvalue weighted by Gasteiger charge is 2.42. The average molecular weight is 1060 g/mol. The van der Waals surface area contributed by atoms with Gasteiger partial charge in [0.15, 0.2) is 16.6 Å². The minimum absolute atomic E-state index is 0.0743. The van der Waals surface area contributed by atoms with Crippen LogP contribution < -0.4 is 5.32 Å². The number of hydrogen-bond acceptors (Lipinski definition) is 4. The number of carbonyl (C=O) groups is 1. The Labute approximate surface area is 461 Å². The summed E-state index contributed by atoms with van der Waals surface area (Å²) < 4.78 is 14.0. The second-order valence-corrected chi connectivity index (χ2v) is 35.7. The van der Waals surface area contributed by atoms with E-state index in [1.807, 2.05) is 0 Å². The van der Waals surface area contributed by atoms with Gasteiger partial charge < -0.3 is 19.3 Å². The fraction of sp³-hybridized carbons (Fsp3) is 0.924. The quantitative estimate of drug-likeness (QED) is 0.0362. The number of allylic oxidation sites excluding steroid dienone is 3. The van der Waals surface area contributed by atoms with Gasteiger partial charge in [-0.2, -0.15) is 0 Å². The molecule has 0 rings (SSSR count). The number of aliphatic hydroxyl groups excluding tert-OH is 1. The van der Waals surface area contributed by atoms with Crippen molar-refractivity contribution < 1.29 is 18.8 Å². The van der Waals surface area contributed by atoms with Crippen LogP contribution in [0.25, 0.3) is 0 Å². The lowest BCUT2D eigenvalue weighted by Gasteiger charge is -2.42. The summed E-state index contributed by atoms with van der Waals surface area (Å²) in [5.41, 5.74) is 0. The van der Waals surface area contributed by atoms with Crippen LogP contribution in [-0.4, -0.2) is 53.0 Å². The Morgan fingerprint density at radius 1 is 0.438 bits per heavy atom. The zero-order valence-corrected chi connectivity index (χ0v) is 53.7. The van der Waals surface area contributed by atoms with Gasteiger partial charge in [0.05, 0.1) is 18.8 Å². The van der Waals surface area contributed by atoms with E-state index in [1.165, 1.54) is 250 Å². The fourth-order valence-electron chi connectivity index (χ4n) is 9.52. The first kappa shape index (κ1) is 72.3. The Morgan fingerprint density at radius 3 is 1.07 bits per heavy atom. The molecule has 0 saturated carbocycles. The highest BCUT2D eigenvalue weighted by atomic mass is 28.4. The summed E-state index contributed by atoms with van der Waals surface area (Å²) in [5.74, 6) is 0.151. The van der Waals surface area contributed by atoms with E-state index in [0.29, 0.717) is 19.6 Å². The van der Waals surface area contributed by atoms with Crippen LogP contribution in [0.1, 0.15) is 331 Å². The number of unbranched alkanes of at least 4 members (excludes halogenated alkanes) is 40. The van der Waals surface area contributed by atoms with Crippen molar-refractivity contribution in [3.8, 4) is 0 Å². The molecule has 0 radical (unpaired) electrons. The first-order valence-electron chi connectivity index (χ1n) is 32.5. The zero-order valence-electron chi connectivity index (χ0n) is 51.7. The standard InChI is InChI=1S/C66H133NO4Si2/c1-12-13-14-15-16-17-18-40-43-46-49-52-55-58-63(71-73(10,11)66(5,6)7)62(61-70-72(8,9)65(2,3)4)67-64(69)59-56-53-50-47-44-41-38-36-34-32-30-28-26-24-22-20-19-21-23-25-27-29-31-33-35-37-39-42-45-48-51-54-57-60-68/h35,37,55,58,62-63,68H,12-34,36,38-54,56-57,59-61H2,1-11H3,(H,67,69)/b37-35-,58-55+/t62-,63+/m0/s1. The smallest absolute Gasteiger partial charge is 0.220 e. The normalized spacial score (nSPS) is 13.8. The molecule has 0 aromatic rings. The molecular weight excluding hydrogens is 927 g/mol. The molecule has 0 aliphatic carbocycles. The maximum Gasteiger partial charge on any atom is 0.220 e. The molecule has 1 amide bonds. The predicted molar refractivity (Wildman–Crippen MR) is 331 cm³/mol. The van der Waals surface area contributed by atoms with E-state index < -0.39 is 16.6 Å². The van der Waals surface area contributed by atoms with E-state index in [1.54, 1.807) is 0 Å². The maximum atomic E-state index is 13.7. The molecular formula is C66H133NO4Si2. The topological polar surface area (TPSA) is 67.8 Å². The van der Waals surface area contributed by atoms with Gasteiger partial charge in [0.2, 0.25) is 5.91 Å². The van der Waals surface area contributed by atoms with Crippen LogP contribution in [0.15, 0.2) is 24.3 Å². The molecule has 0 saturated heterocycles. The summed E-state index contributed by atoms with van der Waals surface area (Å²) >= 11 is 0. The molecule has 2 atom stereocenters. The first-order valence-corrected chi connectivity index (χ1v) is 38.3. The van der Waals surface area contributed by atoms with Gasteiger partial charge in [0.1, 0.15) is 0 Å². The largest absolute Gasteiger partial charge is 0.415 e. The minimum Gasteiger partial charge on any atom is -0.415 e. The second kappa shape index (κ2) is 48.4. The van der Waals surface area contributed by atoms with Crippen molar-refractivity contribution in [2.45, 2.75) is 379 Å². The van der Waals surface area contributed by atoms with Gasteiger partial charge in [0, 0.05) is 13.0 Å². The van der Waals surface area contributed by atoms with Gasteiger partial charge >= 0.3 is 0 Å². The third kappa shape index (κ3) is 44.9. The third-order valence-corrected chi connectivity index (χ3v) is 25.9. The SMILES string of the molecule is CCCCCCCCCCCCC/C=C/[C@@H](O[Si](C)(C)C(C)(C)C)[C@H](CO[Si](C)(C)C(C)(C)C)NC(=O)CCCCCCCCCCCCCCCCCCCCCCCCC/C=C\CCCCCCCCO. The van der Waals surface area contributed by atoms with Crippen LogP contribution in [0, 0.1) is 0 Å². The van der Waals surface area contributed by atoms with Gasteiger partial charge in [-0.15, -0.1) is 0 Å². The van der Waals surface area contributed by atoms with Gasteiger partial charge in [-0.05, 0) is 87.6 Å². The summed E-state index contributed by atoms with van der Waals surface area (Å²) in [7, 11) is -4.16. The number of nitrogens with one attached hydrogen (secondary N) is 1. The molecule has 7 heteroatoms. The zero-order chi connectivity index (χ0) is 54.2. The molecule has 0 aliphatic rings. The number of carbonyl (C=O) groups excluding carboxylic acids is 1. The Morgan fingerprint density at radius 2 is 0.740 bits per heavy atom. The summed E-state index contributed by atoms with van der Waals surface area (Å²) in [6.45, 7) is 26.3. The molecule has 2 N–H and O–H groups in total. The fourth-order valence-corrected chi connectivity index (χ4v) is 11.8. The number of amides is 1. The molecule has 0 aromatic carbocycles. The van der Waals surface area contributed by atoms with Crippen LogP contribution in [0.3, 0.4) is 0 Å². The summed E-state index contributed by atoms with van der Waals surface area (Å²) in [5, 5.41) is 12.5. The van der Waals surface area contributed by atoms with Crippen molar-refractivity contribution in [3.63, 3.8) is 0 Å². The molecule has 0 fully saturated rings. The molecule has 0 bridgehead atoms. The predicted octanol–water partition coefficient (Wildman–Crippen LogP) is 22.2. The molecule has 434 valence electrons. The van der Waals surface area contributed by atoms with Crippen LogP contribution in [0.2, 0.25) is 36.3 Å². The van der Waals surface area contributed by atoms with Gasteiger partial charge in [0.25, 0.3) is 0 Å². The summed E-state index contributed by atoms with van der Waals surface area (Å²) in [6, 6.07) is -0.196. The van der Waals surface area contributed by atoms with E-state index in [9.17, 15) is 4.79 Å². The first-order chi connectivity index (χ1) is 35.0. The number of rotatable bonds is 54. The van der Waals surface area contributed by atoms with E-state index in [-0.39, 0.29) is 28.1 Å². The van der Waals surface area contributed by atoms with Crippen molar-refractivity contribution in [2.75, 3.05) is 13.2 Å². The molecule has 5 nitrogen and oxygen atoms in total. The van der Waals surface area contributed by atoms with E-state index in [0.717, 1.165) is 25.7 Å². The highest BCUT2D eigenvalue weighted by molar-refractivity contribution is 6.74. The van der Waals surface area contributed by atoms with Crippen molar-refractivity contribution in [2.24, 2.45) is 0 Å². The van der Waals surface area contributed by atoms with E-state index >= 15 is 0 Å². The van der Waals surface area contributed by atoms with Crippen LogP contribution in [0.4, 0.5) is 0 Å². The van der Waals surface area contributed by atoms with E-state index in [4.69, 9.17) is 14.0 Å². The van der Waals surface area contributed by atoms with Gasteiger partial charge in [-0.25, -0.2) is 0 Å². The minimum atomic E-state index is -2.13. The van der Waals surface area contributed by atoms with Crippen molar-refractivity contribution in [1.29, 1.82) is 0 Å². The highest BCUT2D eigenvalue weighted by Crippen LogP contribution is 2.39. The summed E-state index contributed by atoms with van der Waals surface area (Å²) in [6.07, 6.45) is 67.4. The van der Waals surface area contributed by atoms with Crippen molar-refractivity contribution >= 4 is 22.5 Å². The van der Waals surface area contributed by atoms with Crippen LogP contribution in [0.5, 0.6) is 0 Å². The molecule has 0 aliphatic heterocycles.